The van der Waals surface area contributed by atoms with Crippen LogP contribution in [0.25, 0.3) is 11.1 Å². The van der Waals surface area contributed by atoms with Crippen molar-refractivity contribution >= 4 is 0 Å². The van der Waals surface area contributed by atoms with Crippen LogP contribution in [0, 0.1) is 0 Å². The van der Waals surface area contributed by atoms with Crippen molar-refractivity contribution < 1.29 is 0 Å². The summed E-state index contributed by atoms with van der Waals surface area (Å²) in [7, 11) is 1.97. The maximum Gasteiger partial charge on any atom is 0.0346 e. The van der Waals surface area contributed by atoms with Gasteiger partial charge in [0.1, 0.15) is 0 Å². The predicted octanol–water partition coefficient (Wildman–Crippen LogP) is 2.62. The molecule has 0 aliphatic heterocycles. The van der Waals surface area contributed by atoms with Crippen LogP contribution < -0.4 is 10.6 Å². The smallest absolute Gasteiger partial charge is 0.0346 e. The highest BCUT2D eigenvalue weighted by atomic mass is 14.9. The minimum absolute atomic E-state index is 0.324. The summed E-state index contributed by atoms with van der Waals surface area (Å²) in [5.41, 5.74) is 3.73. The summed E-state index contributed by atoms with van der Waals surface area (Å²) >= 11 is 0. The molecule has 1 aromatic carbocycles. The first-order valence-electron chi connectivity index (χ1n) is 6.70. The summed E-state index contributed by atoms with van der Waals surface area (Å²) in [5.74, 6) is 0. The third-order valence-corrected chi connectivity index (χ3v) is 3.23. The molecule has 2 aromatic rings. The van der Waals surface area contributed by atoms with Crippen LogP contribution in [0.15, 0.2) is 48.8 Å². The molecular weight excluding hydrogens is 234 g/mol. The molecule has 2 N–H and O–H groups in total. The molecule has 1 unspecified atom stereocenters. The minimum atomic E-state index is 0.324. The molecule has 0 aliphatic rings. The van der Waals surface area contributed by atoms with Gasteiger partial charge in [-0.2, -0.15) is 0 Å². The van der Waals surface area contributed by atoms with E-state index in [4.69, 9.17) is 0 Å². The van der Waals surface area contributed by atoms with Gasteiger partial charge in [0, 0.05) is 37.1 Å². The highest BCUT2D eigenvalue weighted by Crippen LogP contribution is 2.27. The molecule has 0 saturated heterocycles. The van der Waals surface area contributed by atoms with Gasteiger partial charge < -0.3 is 10.6 Å². The van der Waals surface area contributed by atoms with Crippen LogP contribution >= 0.6 is 0 Å². The van der Waals surface area contributed by atoms with Crippen molar-refractivity contribution in [3.05, 3.63) is 54.4 Å². The zero-order valence-corrected chi connectivity index (χ0v) is 11.6. The Morgan fingerprint density at radius 2 is 1.95 bits per heavy atom. The monoisotopic (exact) mass is 255 g/mol. The zero-order valence-electron chi connectivity index (χ0n) is 11.6. The fourth-order valence-electron chi connectivity index (χ4n) is 2.18. The first-order chi connectivity index (χ1) is 9.33. The Morgan fingerprint density at radius 3 is 2.68 bits per heavy atom. The van der Waals surface area contributed by atoms with Gasteiger partial charge in [0.25, 0.3) is 0 Å². The number of benzene rings is 1. The van der Waals surface area contributed by atoms with Crippen molar-refractivity contribution in [3.8, 4) is 11.1 Å². The number of nitrogens with one attached hydrogen (secondary N) is 2. The molecule has 3 nitrogen and oxygen atoms in total. The number of likely N-dealkylation sites (N-methyl/N-ethyl adjacent to an activating group) is 1. The van der Waals surface area contributed by atoms with Crippen molar-refractivity contribution in [3.63, 3.8) is 0 Å². The molecule has 0 radical (unpaired) electrons. The Morgan fingerprint density at radius 1 is 1.11 bits per heavy atom. The van der Waals surface area contributed by atoms with Gasteiger partial charge in [-0.3, -0.25) is 4.98 Å². The van der Waals surface area contributed by atoms with E-state index < -0.39 is 0 Å². The lowest BCUT2D eigenvalue weighted by Gasteiger charge is -2.18. The quantitative estimate of drug-likeness (QED) is 0.779. The molecule has 1 aromatic heterocycles. The van der Waals surface area contributed by atoms with E-state index in [0.29, 0.717) is 6.04 Å². The molecule has 0 bridgehead atoms. The Kier molecular flexibility index (Phi) is 5.07. The summed E-state index contributed by atoms with van der Waals surface area (Å²) in [5, 5.41) is 6.68. The molecule has 19 heavy (non-hydrogen) atoms. The molecule has 2 rings (SSSR count). The van der Waals surface area contributed by atoms with Crippen molar-refractivity contribution in [2.45, 2.75) is 13.0 Å². The van der Waals surface area contributed by atoms with Crippen LogP contribution in [0.3, 0.4) is 0 Å². The van der Waals surface area contributed by atoms with Crippen LogP contribution in [0.5, 0.6) is 0 Å². The van der Waals surface area contributed by atoms with E-state index in [2.05, 4.69) is 52.9 Å². The van der Waals surface area contributed by atoms with E-state index in [9.17, 15) is 0 Å². The first kappa shape index (κ1) is 13.7. The second kappa shape index (κ2) is 7.02. The Balaban J connectivity index is 2.21. The minimum Gasteiger partial charge on any atom is -0.318 e. The van der Waals surface area contributed by atoms with Gasteiger partial charge in [-0.05, 0) is 31.2 Å². The van der Waals surface area contributed by atoms with Gasteiger partial charge in [0.15, 0.2) is 0 Å². The van der Waals surface area contributed by atoms with Gasteiger partial charge in [-0.1, -0.05) is 30.3 Å². The van der Waals surface area contributed by atoms with E-state index in [0.717, 1.165) is 13.1 Å². The molecule has 100 valence electrons. The average Bonchev–Trinajstić information content (AvgIpc) is 2.48. The molecule has 0 aliphatic carbocycles. The second-order valence-electron chi connectivity index (χ2n) is 4.61. The molecule has 1 atom stereocenters. The molecule has 0 fully saturated rings. The fraction of sp³-hybridized carbons (Fsp3) is 0.312. The zero-order chi connectivity index (χ0) is 13.5. The Hall–Kier alpha value is -1.71. The lowest BCUT2D eigenvalue weighted by molar-refractivity contribution is 0.563. The molecule has 0 saturated carbocycles. The normalized spacial score (nSPS) is 12.3. The van der Waals surface area contributed by atoms with E-state index >= 15 is 0 Å². The first-order valence-corrected chi connectivity index (χ1v) is 6.70. The summed E-state index contributed by atoms with van der Waals surface area (Å²) in [6.45, 7) is 4.13. The van der Waals surface area contributed by atoms with Gasteiger partial charge in [-0.15, -0.1) is 0 Å². The molecular formula is C16H21N3. The highest BCUT2D eigenvalue weighted by molar-refractivity contribution is 5.67. The van der Waals surface area contributed by atoms with Gasteiger partial charge >= 0.3 is 0 Å². The van der Waals surface area contributed by atoms with E-state index in [1.165, 1.54) is 16.7 Å². The number of pyridine rings is 1. The maximum atomic E-state index is 4.21. The van der Waals surface area contributed by atoms with Crippen molar-refractivity contribution in [2.75, 3.05) is 20.1 Å². The largest absolute Gasteiger partial charge is 0.318 e. The summed E-state index contributed by atoms with van der Waals surface area (Å²) < 4.78 is 0. The van der Waals surface area contributed by atoms with Crippen LogP contribution in [-0.2, 0) is 0 Å². The number of hydrogen-bond donors (Lipinski definition) is 2. The third-order valence-electron chi connectivity index (χ3n) is 3.23. The van der Waals surface area contributed by atoms with Gasteiger partial charge in [0.05, 0.1) is 0 Å². The predicted molar refractivity (Wildman–Crippen MR) is 80.0 cm³/mol. The standard InChI is InChI=1S/C16H21N3/c1-13(19-11-10-17-2)15-7-3-4-8-16(15)14-6-5-9-18-12-14/h3-9,12-13,17,19H,10-11H2,1-2H3. The van der Waals surface area contributed by atoms with Crippen molar-refractivity contribution in [1.82, 2.24) is 15.6 Å². The van der Waals surface area contributed by atoms with Crippen LogP contribution in [0.1, 0.15) is 18.5 Å². The summed E-state index contributed by atoms with van der Waals surface area (Å²) in [4.78, 5) is 4.21. The maximum absolute atomic E-state index is 4.21. The SMILES string of the molecule is CNCCNC(C)c1ccccc1-c1cccnc1. The summed E-state index contributed by atoms with van der Waals surface area (Å²) in [6, 6.07) is 12.9. The average molecular weight is 255 g/mol. The van der Waals surface area contributed by atoms with Gasteiger partial charge in [-0.25, -0.2) is 0 Å². The Labute approximate surface area is 115 Å². The highest BCUT2D eigenvalue weighted by Gasteiger charge is 2.10. The topological polar surface area (TPSA) is 37.0 Å². The van der Waals surface area contributed by atoms with Crippen molar-refractivity contribution in [2.24, 2.45) is 0 Å². The molecule has 0 spiro atoms. The molecule has 0 amide bonds. The van der Waals surface area contributed by atoms with E-state index in [1.54, 1.807) is 6.20 Å². The van der Waals surface area contributed by atoms with Crippen LogP contribution in [0.2, 0.25) is 0 Å². The van der Waals surface area contributed by atoms with Crippen LogP contribution in [-0.4, -0.2) is 25.1 Å². The van der Waals surface area contributed by atoms with E-state index in [-0.39, 0.29) is 0 Å². The van der Waals surface area contributed by atoms with Crippen LogP contribution in [0.4, 0.5) is 0 Å². The lowest BCUT2D eigenvalue weighted by atomic mass is 9.96. The fourth-order valence-corrected chi connectivity index (χ4v) is 2.18. The number of hydrogen-bond acceptors (Lipinski definition) is 3. The number of nitrogens with zero attached hydrogens (tertiary/aromatic N) is 1. The van der Waals surface area contributed by atoms with Crippen molar-refractivity contribution in [1.29, 1.82) is 0 Å². The molecule has 3 heteroatoms. The van der Waals surface area contributed by atoms with E-state index in [1.807, 2.05) is 19.3 Å². The lowest BCUT2D eigenvalue weighted by Crippen LogP contribution is -2.27. The third kappa shape index (κ3) is 3.63. The summed E-state index contributed by atoms with van der Waals surface area (Å²) in [6.07, 6.45) is 3.72. The molecule has 1 heterocycles. The van der Waals surface area contributed by atoms with Gasteiger partial charge in [0.2, 0.25) is 0 Å². The Bertz CT molecular complexity index is 496. The second-order valence-corrected chi connectivity index (χ2v) is 4.61. The number of aromatic nitrogens is 1. The number of rotatable bonds is 6.